The smallest absolute Gasteiger partial charge is 0.106 e. The lowest BCUT2D eigenvalue weighted by Crippen LogP contribution is -2.15. The quantitative estimate of drug-likeness (QED) is 0.874. The first-order valence-corrected chi connectivity index (χ1v) is 6.83. The van der Waals surface area contributed by atoms with Crippen molar-refractivity contribution in [2.75, 3.05) is 0 Å². The van der Waals surface area contributed by atoms with Crippen molar-refractivity contribution in [1.82, 2.24) is 9.78 Å². The Kier molecular flexibility index (Phi) is 3.71. The van der Waals surface area contributed by atoms with Crippen LogP contribution >= 0.6 is 12.2 Å². The van der Waals surface area contributed by atoms with E-state index in [-0.39, 0.29) is 0 Å². The van der Waals surface area contributed by atoms with Crippen molar-refractivity contribution in [3.63, 3.8) is 0 Å². The van der Waals surface area contributed by atoms with Crippen LogP contribution in [0.5, 0.6) is 0 Å². The summed E-state index contributed by atoms with van der Waals surface area (Å²) < 4.78 is 1.97. The molecule has 2 aromatic rings. The molecule has 0 radical (unpaired) electrons. The van der Waals surface area contributed by atoms with Crippen LogP contribution in [-0.2, 0) is 6.42 Å². The first kappa shape index (κ1) is 13.7. The van der Waals surface area contributed by atoms with Crippen LogP contribution < -0.4 is 5.73 Å². The van der Waals surface area contributed by atoms with Crippen LogP contribution in [0, 0.1) is 20.8 Å². The summed E-state index contributed by atoms with van der Waals surface area (Å²) in [4.78, 5) is 0.407. The molecule has 0 saturated carbocycles. The number of rotatable bonds is 3. The molecule has 4 heteroatoms. The Hall–Kier alpha value is -1.68. The van der Waals surface area contributed by atoms with Crippen molar-refractivity contribution < 1.29 is 0 Å². The summed E-state index contributed by atoms with van der Waals surface area (Å²) >= 11 is 5.16. The number of aryl methyl sites for hydroxylation is 2. The number of benzene rings is 1. The maximum atomic E-state index is 5.84. The zero-order chi connectivity index (χ0) is 14.2. The highest BCUT2D eigenvalue weighted by Gasteiger charge is 2.16. The Morgan fingerprint density at radius 2 is 2.00 bits per heavy atom. The second-order valence-corrected chi connectivity index (χ2v) is 5.19. The molecular formula is C15H19N3S. The molecule has 0 bridgehead atoms. The van der Waals surface area contributed by atoms with Gasteiger partial charge in [0, 0.05) is 11.3 Å². The van der Waals surface area contributed by atoms with E-state index in [4.69, 9.17) is 18.0 Å². The lowest BCUT2D eigenvalue weighted by Gasteiger charge is -2.13. The zero-order valence-corrected chi connectivity index (χ0v) is 12.6. The van der Waals surface area contributed by atoms with E-state index in [1.807, 2.05) is 23.7 Å². The van der Waals surface area contributed by atoms with Crippen LogP contribution in [0.1, 0.15) is 35.0 Å². The van der Waals surface area contributed by atoms with Crippen LogP contribution in [-0.4, -0.2) is 14.8 Å². The van der Waals surface area contributed by atoms with E-state index in [1.54, 1.807) is 0 Å². The average Bonchev–Trinajstić information content (AvgIpc) is 2.63. The maximum absolute atomic E-state index is 5.84. The molecule has 2 N–H and O–H groups in total. The topological polar surface area (TPSA) is 43.8 Å². The number of hydrogen-bond donors (Lipinski definition) is 1. The van der Waals surface area contributed by atoms with E-state index in [0.29, 0.717) is 4.99 Å². The van der Waals surface area contributed by atoms with Crippen molar-refractivity contribution >= 4 is 17.2 Å². The Bertz CT molecular complexity index is 641. The Morgan fingerprint density at radius 3 is 2.53 bits per heavy atom. The van der Waals surface area contributed by atoms with Crippen LogP contribution in [0.4, 0.5) is 0 Å². The number of aromatic nitrogens is 2. The summed E-state index contributed by atoms with van der Waals surface area (Å²) in [5, 5.41) is 4.66. The summed E-state index contributed by atoms with van der Waals surface area (Å²) in [6, 6.07) is 5.98. The molecule has 0 saturated heterocycles. The summed E-state index contributed by atoms with van der Waals surface area (Å²) in [6.07, 6.45) is 0.978. The highest BCUT2D eigenvalue weighted by Crippen LogP contribution is 2.24. The normalized spacial score (nSPS) is 10.7. The van der Waals surface area contributed by atoms with Gasteiger partial charge < -0.3 is 5.73 Å². The molecule has 100 valence electrons. The molecule has 2 rings (SSSR count). The third-order valence-electron chi connectivity index (χ3n) is 3.51. The van der Waals surface area contributed by atoms with Gasteiger partial charge in [0.15, 0.2) is 0 Å². The molecule has 0 aliphatic rings. The standard InChI is InChI=1S/C15H19N3S/c1-5-12-10(3)17-18(11(12)4)14-9(2)7-6-8-13(14)15(16)19/h6-8H,5H2,1-4H3,(H2,16,19). The SMILES string of the molecule is CCc1c(C)nn(-c2c(C)cccc2C(N)=S)c1C. The molecule has 0 atom stereocenters. The van der Waals surface area contributed by atoms with E-state index in [1.165, 1.54) is 5.56 Å². The lowest BCUT2D eigenvalue weighted by atomic mass is 10.1. The van der Waals surface area contributed by atoms with Crippen molar-refractivity contribution in [3.05, 3.63) is 46.3 Å². The number of para-hydroxylation sites is 1. The summed E-state index contributed by atoms with van der Waals surface area (Å²) in [6.45, 7) is 8.34. The molecule has 0 spiro atoms. The van der Waals surface area contributed by atoms with Gasteiger partial charge in [0.2, 0.25) is 0 Å². The summed E-state index contributed by atoms with van der Waals surface area (Å²) in [7, 11) is 0. The van der Waals surface area contributed by atoms with Crippen molar-refractivity contribution in [3.8, 4) is 5.69 Å². The fourth-order valence-corrected chi connectivity index (χ4v) is 2.71. The Morgan fingerprint density at radius 1 is 1.32 bits per heavy atom. The van der Waals surface area contributed by atoms with E-state index in [9.17, 15) is 0 Å². The number of nitrogens with two attached hydrogens (primary N) is 1. The molecule has 3 nitrogen and oxygen atoms in total. The molecule has 0 unspecified atom stereocenters. The second kappa shape index (κ2) is 5.13. The van der Waals surface area contributed by atoms with E-state index in [0.717, 1.165) is 34.6 Å². The number of hydrogen-bond acceptors (Lipinski definition) is 2. The monoisotopic (exact) mass is 273 g/mol. The van der Waals surface area contributed by atoms with Crippen LogP contribution in [0.15, 0.2) is 18.2 Å². The fraction of sp³-hybridized carbons (Fsp3) is 0.333. The van der Waals surface area contributed by atoms with Crippen LogP contribution in [0.25, 0.3) is 5.69 Å². The average molecular weight is 273 g/mol. The number of nitrogens with zero attached hydrogens (tertiary/aromatic N) is 2. The predicted octanol–water partition coefficient (Wildman–Crippen LogP) is 2.99. The molecule has 0 aliphatic carbocycles. The van der Waals surface area contributed by atoms with E-state index < -0.39 is 0 Å². The van der Waals surface area contributed by atoms with Crippen molar-refractivity contribution in [1.29, 1.82) is 0 Å². The highest BCUT2D eigenvalue weighted by molar-refractivity contribution is 7.80. The van der Waals surface area contributed by atoms with Gasteiger partial charge in [-0.25, -0.2) is 4.68 Å². The largest absolute Gasteiger partial charge is 0.389 e. The molecule has 0 aliphatic heterocycles. The van der Waals surface area contributed by atoms with Gasteiger partial charge in [-0.2, -0.15) is 5.10 Å². The second-order valence-electron chi connectivity index (χ2n) is 4.75. The number of thiocarbonyl (C=S) groups is 1. The molecule has 1 aromatic carbocycles. The van der Waals surface area contributed by atoms with Gasteiger partial charge in [-0.1, -0.05) is 31.3 Å². The fourth-order valence-electron chi connectivity index (χ4n) is 2.54. The van der Waals surface area contributed by atoms with Gasteiger partial charge >= 0.3 is 0 Å². The molecule has 0 amide bonds. The Balaban J connectivity index is 2.75. The van der Waals surface area contributed by atoms with Gasteiger partial charge in [-0.15, -0.1) is 0 Å². The first-order chi connectivity index (χ1) is 8.97. The molecule has 0 fully saturated rings. The third kappa shape index (κ3) is 2.28. The van der Waals surface area contributed by atoms with Gasteiger partial charge in [0.1, 0.15) is 4.99 Å². The predicted molar refractivity (Wildman–Crippen MR) is 83.0 cm³/mol. The van der Waals surface area contributed by atoms with Gasteiger partial charge in [-0.05, 0) is 44.4 Å². The highest BCUT2D eigenvalue weighted by atomic mass is 32.1. The minimum atomic E-state index is 0.407. The minimum Gasteiger partial charge on any atom is -0.389 e. The van der Waals surface area contributed by atoms with Gasteiger partial charge in [0.25, 0.3) is 0 Å². The molecule has 1 heterocycles. The molecule has 19 heavy (non-hydrogen) atoms. The van der Waals surface area contributed by atoms with Crippen molar-refractivity contribution in [2.24, 2.45) is 5.73 Å². The zero-order valence-electron chi connectivity index (χ0n) is 11.8. The first-order valence-electron chi connectivity index (χ1n) is 6.42. The van der Waals surface area contributed by atoms with Gasteiger partial charge in [-0.3, -0.25) is 0 Å². The third-order valence-corrected chi connectivity index (χ3v) is 3.73. The van der Waals surface area contributed by atoms with Crippen LogP contribution in [0.3, 0.4) is 0 Å². The van der Waals surface area contributed by atoms with Crippen LogP contribution in [0.2, 0.25) is 0 Å². The summed E-state index contributed by atoms with van der Waals surface area (Å²) in [5.74, 6) is 0. The molecule has 1 aromatic heterocycles. The lowest BCUT2D eigenvalue weighted by molar-refractivity contribution is 0.825. The minimum absolute atomic E-state index is 0.407. The maximum Gasteiger partial charge on any atom is 0.106 e. The summed E-state index contributed by atoms with van der Waals surface area (Å²) in [5.41, 5.74) is 12.4. The molecular weight excluding hydrogens is 254 g/mol. The van der Waals surface area contributed by atoms with Crippen molar-refractivity contribution in [2.45, 2.75) is 34.1 Å². The van der Waals surface area contributed by atoms with E-state index in [2.05, 4.69) is 31.9 Å². The Labute approximate surface area is 119 Å². The van der Waals surface area contributed by atoms with Gasteiger partial charge in [0.05, 0.1) is 11.4 Å². The van der Waals surface area contributed by atoms with E-state index >= 15 is 0 Å².